The molecule has 1 aromatic rings. The van der Waals surface area contributed by atoms with Gasteiger partial charge >= 0.3 is 6.03 Å². The van der Waals surface area contributed by atoms with E-state index < -0.39 is 21.8 Å². The van der Waals surface area contributed by atoms with Crippen LogP contribution in [0.2, 0.25) is 5.02 Å². The molecule has 2 amide bonds. The predicted octanol–water partition coefficient (Wildman–Crippen LogP) is 1.87. The molecule has 2 aliphatic rings. The maximum Gasteiger partial charge on any atom is 0.319 e. The van der Waals surface area contributed by atoms with Crippen LogP contribution in [0.3, 0.4) is 0 Å². The largest absolute Gasteiger partial charge is 0.504 e. The fraction of sp³-hybridized carbons (Fsp3) is 0.471. The average Bonchev–Trinajstić information content (AvgIpc) is 3.03. The van der Waals surface area contributed by atoms with Gasteiger partial charge in [0.05, 0.1) is 16.8 Å². The van der Waals surface area contributed by atoms with Crippen LogP contribution in [0.4, 0.5) is 10.5 Å². The maximum absolute atomic E-state index is 12.9. The Kier molecular flexibility index (Phi) is 5.95. The van der Waals surface area contributed by atoms with Crippen LogP contribution in [-0.4, -0.2) is 56.1 Å². The van der Waals surface area contributed by atoms with Crippen molar-refractivity contribution in [3.8, 4) is 5.75 Å². The molecule has 1 aromatic carbocycles. The summed E-state index contributed by atoms with van der Waals surface area (Å²) in [5.41, 5.74) is 1.07. The topological polar surface area (TPSA) is 111 Å². The van der Waals surface area contributed by atoms with Gasteiger partial charge in [0, 0.05) is 26.2 Å². The summed E-state index contributed by atoms with van der Waals surface area (Å²) >= 11 is 6.08. The Labute approximate surface area is 163 Å². The quantitative estimate of drug-likeness (QED) is 0.444. The van der Waals surface area contributed by atoms with Crippen molar-refractivity contribution in [2.75, 3.05) is 31.5 Å². The highest BCUT2D eigenvalue weighted by Crippen LogP contribution is 2.38. The molecule has 10 heteroatoms. The third kappa shape index (κ3) is 4.21. The number of phenolic OH excluding ortho intramolecular Hbond substituents is 1. The molecule has 0 unspecified atom stereocenters. The number of halogens is 1. The molecule has 1 aliphatic heterocycles. The molecule has 8 nitrogen and oxygen atoms in total. The number of phenols is 1. The van der Waals surface area contributed by atoms with Crippen molar-refractivity contribution in [1.82, 2.24) is 14.9 Å². The summed E-state index contributed by atoms with van der Waals surface area (Å²) in [7, 11) is -3.98. The number of piperazine rings is 1. The van der Waals surface area contributed by atoms with E-state index in [1.54, 1.807) is 0 Å². The summed E-state index contributed by atoms with van der Waals surface area (Å²) in [6.07, 6.45) is 3.77. The van der Waals surface area contributed by atoms with E-state index in [0.717, 1.165) is 18.4 Å². The zero-order valence-electron chi connectivity index (χ0n) is 15.0. The second kappa shape index (κ2) is 8.05. The van der Waals surface area contributed by atoms with Crippen molar-refractivity contribution in [3.63, 3.8) is 0 Å². The molecule has 1 aliphatic carbocycles. The van der Waals surface area contributed by atoms with Crippen LogP contribution in [0.5, 0.6) is 5.75 Å². The molecule has 0 bridgehead atoms. The molecule has 3 rings (SSSR count). The van der Waals surface area contributed by atoms with E-state index in [1.165, 1.54) is 16.4 Å². The van der Waals surface area contributed by atoms with Gasteiger partial charge in [-0.1, -0.05) is 23.3 Å². The summed E-state index contributed by atoms with van der Waals surface area (Å²) in [6.45, 7) is 3.54. The predicted molar refractivity (Wildman–Crippen MR) is 104 cm³/mol. The Balaban J connectivity index is 1.83. The number of carbonyl (C=O) groups excluding carboxylic acids is 1. The minimum atomic E-state index is -3.98. The first-order chi connectivity index (χ1) is 12.8. The molecular weight excluding hydrogens is 392 g/mol. The van der Waals surface area contributed by atoms with Crippen molar-refractivity contribution >= 4 is 33.3 Å². The van der Waals surface area contributed by atoms with Crippen molar-refractivity contribution in [2.45, 2.75) is 30.7 Å². The summed E-state index contributed by atoms with van der Waals surface area (Å²) in [4.78, 5) is 11.9. The van der Waals surface area contributed by atoms with Crippen LogP contribution in [0.25, 0.3) is 0 Å². The van der Waals surface area contributed by atoms with E-state index in [4.69, 9.17) is 11.6 Å². The third-order valence-electron chi connectivity index (χ3n) is 4.78. The number of allylic oxidation sites excluding steroid dienone is 1. The first-order valence-electron chi connectivity index (χ1n) is 8.77. The number of amides is 2. The molecule has 1 atom stereocenters. The van der Waals surface area contributed by atoms with Gasteiger partial charge in [-0.05, 0) is 31.9 Å². The lowest BCUT2D eigenvalue weighted by atomic mass is 10.2. The summed E-state index contributed by atoms with van der Waals surface area (Å²) in [5.74, 6) is -0.560. The van der Waals surface area contributed by atoms with Crippen LogP contribution >= 0.6 is 11.6 Å². The summed E-state index contributed by atoms with van der Waals surface area (Å²) in [5, 5.41) is 18.8. The number of nitrogens with zero attached hydrogens (tertiary/aromatic N) is 1. The number of carbonyl (C=O) groups is 1. The van der Waals surface area contributed by atoms with Gasteiger partial charge in [-0.3, -0.25) is 0 Å². The standard InChI is InChI=1S/C17H23ClN4O4S/c1-11-3-2-4-13(11)20-17(24)21-14-6-5-12(18)16(15(14)23)27(25,26)22-9-7-19-8-10-22/h3,5-6,13,19,23H,2,4,7-10H2,1H3,(H2,20,21,24)/t13-/m1/s1. The van der Waals surface area contributed by atoms with E-state index in [0.29, 0.717) is 13.1 Å². The Morgan fingerprint density at radius 1 is 1.33 bits per heavy atom. The number of aromatic hydroxyl groups is 1. The monoisotopic (exact) mass is 414 g/mol. The van der Waals surface area contributed by atoms with Crippen molar-refractivity contribution < 1.29 is 18.3 Å². The van der Waals surface area contributed by atoms with E-state index in [2.05, 4.69) is 22.0 Å². The highest BCUT2D eigenvalue weighted by molar-refractivity contribution is 7.89. The normalized spacial score (nSPS) is 21.0. The van der Waals surface area contributed by atoms with E-state index in [9.17, 15) is 18.3 Å². The number of rotatable bonds is 4. The number of nitrogens with one attached hydrogen (secondary N) is 3. The molecule has 27 heavy (non-hydrogen) atoms. The maximum atomic E-state index is 12.9. The fourth-order valence-electron chi connectivity index (χ4n) is 3.26. The second-order valence-corrected chi connectivity index (χ2v) is 8.89. The number of benzene rings is 1. The Hall–Kier alpha value is -1.81. The summed E-state index contributed by atoms with van der Waals surface area (Å²) < 4.78 is 27.1. The lowest BCUT2D eigenvalue weighted by molar-refractivity contribution is 0.249. The van der Waals surface area contributed by atoms with Crippen LogP contribution in [0, 0.1) is 0 Å². The van der Waals surface area contributed by atoms with Crippen molar-refractivity contribution in [2.24, 2.45) is 0 Å². The summed E-state index contributed by atoms with van der Waals surface area (Å²) in [6, 6.07) is 2.15. The van der Waals surface area contributed by atoms with Crippen molar-refractivity contribution in [1.29, 1.82) is 0 Å². The lowest BCUT2D eigenvalue weighted by Gasteiger charge is -2.27. The molecule has 1 saturated heterocycles. The van der Waals surface area contributed by atoms with Gasteiger partial charge < -0.3 is 21.1 Å². The Morgan fingerprint density at radius 3 is 2.67 bits per heavy atom. The molecule has 1 fully saturated rings. The number of hydrogen-bond acceptors (Lipinski definition) is 5. The first-order valence-corrected chi connectivity index (χ1v) is 10.6. The van der Waals surface area contributed by atoms with Crippen LogP contribution in [-0.2, 0) is 10.0 Å². The average molecular weight is 415 g/mol. The van der Waals surface area contributed by atoms with Gasteiger partial charge in [0.2, 0.25) is 10.0 Å². The zero-order chi connectivity index (χ0) is 19.6. The minimum absolute atomic E-state index is 0.00904. The third-order valence-corrected chi connectivity index (χ3v) is 7.18. The number of sulfonamides is 1. The molecule has 148 valence electrons. The van der Waals surface area contributed by atoms with Crippen LogP contribution in [0.1, 0.15) is 19.8 Å². The molecular formula is C17H23ClN4O4S. The van der Waals surface area contributed by atoms with E-state index in [1.807, 2.05) is 6.92 Å². The minimum Gasteiger partial charge on any atom is -0.504 e. The smallest absolute Gasteiger partial charge is 0.319 e. The molecule has 0 spiro atoms. The van der Waals surface area contributed by atoms with Gasteiger partial charge in [-0.2, -0.15) is 4.31 Å². The second-order valence-electron chi connectivity index (χ2n) is 6.60. The van der Waals surface area contributed by atoms with E-state index in [-0.39, 0.29) is 34.7 Å². The molecule has 0 saturated carbocycles. The van der Waals surface area contributed by atoms with Gasteiger partial charge in [0.15, 0.2) is 5.75 Å². The van der Waals surface area contributed by atoms with Gasteiger partial charge in [0.1, 0.15) is 4.90 Å². The van der Waals surface area contributed by atoms with Crippen molar-refractivity contribution in [3.05, 3.63) is 28.8 Å². The van der Waals surface area contributed by atoms with Gasteiger partial charge in [-0.25, -0.2) is 13.2 Å². The lowest BCUT2D eigenvalue weighted by Crippen LogP contribution is -2.46. The SMILES string of the molecule is CC1=CCC[C@H]1NC(=O)Nc1ccc(Cl)c(S(=O)(=O)N2CCNCC2)c1O. The number of urea groups is 1. The Bertz CT molecular complexity index is 866. The fourth-order valence-corrected chi connectivity index (χ4v) is 5.29. The zero-order valence-corrected chi connectivity index (χ0v) is 16.5. The highest BCUT2D eigenvalue weighted by atomic mass is 35.5. The van der Waals surface area contributed by atoms with Crippen LogP contribution < -0.4 is 16.0 Å². The van der Waals surface area contributed by atoms with Gasteiger partial charge in [0.25, 0.3) is 0 Å². The number of hydrogen-bond donors (Lipinski definition) is 4. The molecule has 0 radical (unpaired) electrons. The molecule has 4 N–H and O–H groups in total. The highest BCUT2D eigenvalue weighted by Gasteiger charge is 2.32. The molecule has 0 aromatic heterocycles. The van der Waals surface area contributed by atoms with E-state index >= 15 is 0 Å². The first kappa shape index (κ1) is 19.9. The van der Waals surface area contributed by atoms with Gasteiger partial charge in [-0.15, -0.1) is 0 Å². The molecule has 1 heterocycles. The number of anilines is 1. The Morgan fingerprint density at radius 2 is 2.04 bits per heavy atom. The van der Waals surface area contributed by atoms with Crippen LogP contribution in [0.15, 0.2) is 28.7 Å².